The largest absolute Gasteiger partial charge is 0.357 e. The Balaban J connectivity index is 1.84. The summed E-state index contributed by atoms with van der Waals surface area (Å²) in [7, 11) is 0. The third kappa shape index (κ3) is 5.71. The van der Waals surface area contributed by atoms with Gasteiger partial charge in [0.1, 0.15) is 6.54 Å². The minimum absolute atomic E-state index is 0.0942. The third-order valence-corrected chi connectivity index (χ3v) is 3.62. The summed E-state index contributed by atoms with van der Waals surface area (Å²) >= 11 is 0. The van der Waals surface area contributed by atoms with Crippen molar-refractivity contribution in [3.63, 3.8) is 0 Å². The lowest BCUT2D eigenvalue weighted by Gasteiger charge is -2.24. The fourth-order valence-electron chi connectivity index (χ4n) is 2.55. The quantitative estimate of drug-likeness (QED) is 0.573. The van der Waals surface area contributed by atoms with Crippen LogP contribution in [0.25, 0.3) is 0 Å². The van der Waals surface area contributed by atoms with Gasteiger partial charge in [0.2, 0.25) is 5.91 Å². The van der Waals surface area contributed by atoms with Gasteiger partial charge >= 0.3 is 0 Å². The van der Waals surface area contributed by atoms with E-state index in [0.29, 0.717) is 11.7 Å². The number of nitrogens with one attached hydrogen (secondary N) is 3. The number of hydrogen-bond donors (Lipinski definition) is 3. The normalized spacial score (nSPS) is 16.1. The maximum Gasteiger partial charge on any atom is 0.246 e. The van der Waals surface area contributed by atoms with Crippen molar-refractivity contribution in [2.45, 2.75) is 45.1 Å². The van der Waals surface area contributed by atoms with E-state index in [-0.39, 0.29) is 12.5 Å². The van der Waals surface area contributed by atoms with Crippen molar-refractivity contribution in [3.05, 3.63) is 24.5 Å². The lowest BCUT2D eigenvalue weighted by molar-refractivity contribution is -0.114. The number of rotatable bonds is 5. The average molecular weight is 303 g/mol. The highest BCUT2D eigenvalue weighted by Crippen LogP contribution is 2.17. The molecule has 0 radical (unpaired) electrons. The number of guanidine groups is 1. The minimum Gasteiger partial charge on any atom is -0.357 e. The maximum atomic E-state index is 11.9. The summed E-state index contributed by atoms with van der Waals surface area (Å²) in [5, 5.41) is 9.40. The molecule has 0 spiro atoms. The number of amides is 1. The molecule has 0 bridgehead atoms. The number of carbonyl (C=O) groups is 1. The molecule has 3 N–H and O–H groups in total. The van der Waals surface area contributed by atoms with Crippen molar-refractivity contribution in [2.75, 3.05) is 18.4 Å². The van der Waals surface area contributed by atoms with E-state index < -0.39 is 0 Å². The molecular formula is C16H25N5O. The number of pyridine rings is 1. The first-order valence-corrected chi connectivity index (χ1v) is 8.02. The molecule has 1 aliphatic rings. The zero-order valence-electron chi connectivity index (χ0n) is 13.1. The zero-order valence-corrected chi connectivity index (χ0v) is 13.1. The van der Waals surface area contributed by atoms with Crippen LogP contribution in [-0.2, 0) is 4.79 Å². The summed E-state index contributed by atoms with van der Waals surface area (Å²) in [5.74, 6) is 0.574. The van der Waals surface area contributed by atoms with Gasteiger partial charge in [-0.05, 0) is 31.9 Å². The van der Waals surface area contributed by atoms with Crippen LogP contribution in [0.1, 0.15) is 39.0 Å². The highest BCUT2D eigenvalue weighted by molar-refractivity contribution is 5.93. The fourth-order valence-corrected chi connectivity index (χ4v) is 2.55. The van der Waals surface area contributed by atoms with Crippen LogP contribution in [0.15, 0.2) is 29.5 Å². The number of nitrogens with zero attached hydrogens (tertiary/aromatic N) is 2. The molecule has 120 valence electrons. The van der Waals surface area contributed by atoms with E-state index in [2.05, 4.69) is 25.9 Å². The maximum absolute atomic E-state index is 11.9. The number of aliphatic imine (C=N–C) groups is 1. The molecule has 0 atom stereocenters. The van der Waals surface area contributed by atoms with Gasteiger partial charge in [0.15, 0.2) is 5.96 Å². The molecule has 6 nitrogen and oxygen atoms in total. The van der Waals surface area contributed by atoms with E-state index in [0.717, 1.165) is 12.5 Å². The van der Waals surface area contributed by atoms with E-state index in [1.165, 1.54) is 32.1 Å². The highest BCUT2D eigenvalue weighted by atomic mass is 16.1. The first-order chi connectivity index (χ1) is 10.8. The van der Waals surface area contributed by atoms with Crippen molar-refractivity contribution in [1.29, 1.82) is 0 Å². The van der Waals surface area contributed by atoms with Crippen LogP contribution in [-0.4, -0.2) is 36.0 Å². The summed E-state index contributed by atoms with van der Waals surface area (Å²) < 4.78 is 0. The van der Waals surface area contributed by atoms with Crippen LogP contribution in [0.3, 0.4) is 0 Å². The van der Waals surface area contributed by atoms with Gasteiger partial charge in [-0.25, -0.2) is 4.99 Å². The monoisotopic (exact) mass is 303 g/mol. The molecule has 0 saturated heterocycles. The first-order valence-electron chi connectivity index (χ1n) is 8.02. The molecule has 1 heterocycles. The third-order valence-electron chi connectivity index (χ3n) is 3.62. The molecule has 1 amide bonds. The molecule has 22 heavy (non-hydrogen) atoms. The van der Waals surface area contributed by atoms with Gasteiger partial charge in [0.05, 0.1) is 11.9 Å². The van der Waals surface area contributed by atoms with Gasteiger partial charge in [0.25, 0.3) is 0 Å². The Hall–Kier alpha value is -2.11. The predicted octanol–water partition coefficient (Wildman–Crippen LogP) is 1.91. The molecule has 1 aromatic rings. The van der Waals surface area contributed by atoms with Crippen LogP contribution >= 0.6 is 0 Å². The summed E-state index contributed by atoms with van der Waals surface area (Å²) in [6.07, 6.45) is 9.48. The smallest absolute Gasteiger partial charge is 0.246 e. The van der Waals surface area contributed by atoms with E-state index in [4.69, 9.17) is 0 Å². The van der Waals surface area contributed by atoms with Crippen molar-refractivity contribution >= 4 is 17.6 Å². The van der Waals surface area contributed by atoms with Crippen LogP contribution in [0, 0.1) is 0 Å². The zero-order chi connectivity index (χ0) is 15.6. The van der Waals surface area contributed by atoms with E-state index in [1.807, 2.05) is 6.92 Å². The van der Waals surface area contributed by atoms with Gasteiger partial charge in [-0.15, -0.1) is 0 Å². The van der Waals surface area contributed by atoms with Crippen molar-refractivity contribution in [3.8, 4) is 0 Å². The molecule has 1 saturated carbocycles. The van der Waals surface area contributed by atoms with Gasteiger partial charge in [0, 0.05) is 18.8 Å². The molecule has 6 heteroatoms. The molecule has 1 aromatic heterocycles. The number of aromatic nitrogens is 1. The van der Waals surface area contributed by atoms with Crippen LogP contribution in [0.4, 0.5) is 5.69 Å². The lowest BCUT2D eigenvalue weighted by Crippen LogP contribution is -2.44. The Bertz CT molecular complexity index is 483. The first kappa shape index (κ1) is 16.3. The predicted molar refractivity (Wildman–Crippen MR) is 88.9 cm³/mol. The molecule has 0 unspecified atom stereocenters. The average Bonchev–Trinajstić information content (AvgIpc) is 2.55. The van der Waals surface area contributed by atoms with Gasteiger partial charge in [-0.1, -0.05) is 19.3 Å². The van der Waals surface area contributed by atoms with Crippen molar-refractivity contribution in [2.24, 2.45) is 4.99 Å². The number of hydrogen-bond acceptors (Lipinski definition) is 3. The Morgan fingerprint density at radius 3 is 2.86 bits per heavy atom. The van der Waals surface area contributed by atoms with Gasteiger partial charge in [-0.3, -0.25) is 9.78 Å². The highest BCUT2D eigenvalue weighted by Gasteiger charge is 2.14. The van der Waals surface area contributed by atoms with E-state index in [1.54, 1.807) is 24.5 Å². The minimum atomic E-state index is -0.145. The van der Waals surface area contributed by atoms with Crippen molar-refractivity contribution in [1.82, 2.24) is 15.6 Å². The molecule has 1 aliphatic carbocycles. The molecule has 0 aromatic carbocycles. The van der Waals surface area contributed by atoms with Crippen LogP contribution < -0.4 is 16.0 Å². The van der Waals surface area contributed by atoms with Crippen LogP contribution in [0.5, 0.6) is 0 Å². The lowest BCUT2D eigenvalue weighted by atomic mass is 9.96. The summed E-state index contributed by atoms with van der Waals surface area (Å²) in [6.45, 7) is 2.90. The Morgan fingerprint density at radius 2 is 2.18 bits per heavy atom. The number of anilines is 1. The molecular weight excluding hydrogens is 278 g/mol. The fraction of sp³-hybridized carbons (Fsp3) is 0.562. The topological polar surface area (TPSA) is 78.4 Å². The van der Waals surface area contributed by atoms with E-state index in [9.17, 15) is 4.79 Å². The second kappa shape index (κ2) is 9.02. The van der Waals surface area contributed by atoms with E-state index >= 15 is 0 Å². The molecule has 2 rings (SSSR count). The van der Waals surface area contributed by atoms with Crippen molar-refractivity contribution < 1.29 is 4.79 Å². The summed E-state index contributed by atoms with van der Waals surface area (Å²) in [5.41, 5.74) is 0.688. The summed E-state index contributed by atoms with van der Waals surface area (Å²) in [4.78, 5) is 20.2. The molecule has 1 fully saturated rings. The SMILES string of the molecule is CCNC(=NCC(=O)Nc1cccnc1)NC1CCCCC1. The Labute approximate surface area is 131 Å². The number of carbonyl (C=O) groups excluding carboxylic acids is 1. The van der Waals surface area contributed by atoms with Gasteiger partial charge < -0.3 is 16.0 Å². The Kier molecular flexibility index (Phi) is 6.67. The second-order valence-electron chi connectivity index (χ2n) is 5.46. The molecule has 0 aliphatic heterocycles. The van der Waals surface area contributed by atoms with Gasteiger partial charge in [-0.2, -0.15) is 0 Å². The van der Waals surface area contributed by atoms with Crippen LogP contribution in [0.2, 0.25) is 0 Å². The summed E-state index contributed by atoms with van der Waals surface area (Å²) in [6, 6.07) is 4.06. The second-order valence-corrected chi connectivity index (χ2v) is 5.46. The standard InChI is InChI=1S/C16H25N5O/c1-2-18-16(21-13-7-4-3-5-8-13)19-12-15(22)20-14-9-6-10-17-11-14/h6,9-11,13H,2-5,7-8,12H2,1H3,(H,20,22)(H2,18,19,21). The Morgan fingerprint density at radius 1 is 1.36 bits per heavy atom.